The summed E-state index contributed by atoms with van der Waals surface area (Å²) in [5.74, 6) is -0.581. The highest BCUT2D eigenvalue weighted by Crippen LogP contribution is 2.17. The van der Waals surface area contributed by atoms with Gasteiger partial charge in [-0.05, 0) is 17.3 Å². The summed E-state index contributed by atoms with van der Waals surface area (Å²) in [6.07, 6.45) is 0.142. The maximum absolute atomic E-state index is 13.5. The van der Waals surface area contributed by atoms with Crippen LogP contribution in [0.15, 0.2) is 24.3 Å². The molecular weight excluding hydrogens is 239 g/mol. The lowest BCUT2D eigenvalue weighted by Crippen LogP contribution is -2.09. The van der Waals surface area contributed by atoms with Crippen molar-refractivity contribution in [1.82, 2.24) is 20.2 Å². The number of benzene rings is 1. The van der Waals surface area contributed by atoms with Gasteiger partial charge in [0.1, 0.15) is 5.82 Å². The Hall–Kier alpha value is -2.31. The predicted molar refractivity (Wildman–Crippen MR) is 59.8 cm³/mol. The maximum Gasteiger partial charge on any atom is 0.307 e. The molecule has 0 bridgehead atoms. The van der Waals surface area contributed by atoms with Gasteiger partial charge in [0, 0.05) is 0 Å². The number of nitrogens with zero attached hydrogens (tertiary/aromatic N) is 4. The summed E-state index contributed by atoms with van der Waals surface area (Å²) in [4.78, 5) is 12.2. The molecule has 1 aromatic carbocycles. The number of hydrogen-bond acceptors (Lipinski definition) is 5. The number of esters is 1. The largest absolute Gasteiger partial charge is 0.469 e. The molecule has 0 spiro atoms. The van der Waals surface area contributed by atoms with Crippen LogP contribution in [0.4, 0.5) is 4.39 Å². The number of hydrogen-bond donors (Lipinski definition) is 0. The molecule has 18 heavy (non-hydrogen) atoms. The van der Waals surface area contributed by atoms with Crippen LogP contribution in [0.25, 0.3) is 11.4 Å². The average Bonchev–Trinajstić information content (AvgIpc) is 2.85. The molecule has 7 heteroatoms. The van der Waals surface area contributed by atoms with Gasteiger partial charge < -0.3 is 4.74 Å². The van der Waals surface area contributed by atoms with E-state index in [1.165, 1.54) is 18.0 Å². The monoisotopic (exact) mass is 250 g/mol. The Balaban J connectivity index is 2.11. The van der Waals surface area contributed by atoms with Gasteiger partial charge in [-0.2, -0.15) is 4.80 Å². The van der Waals surface area contributed by atoms with Crippen LogP contribution in [-0.2, 0) is 16.1 Å². The number of methoxy groups -OCH3 is 1. The molecule has 0 amide bonds. The van der Waals surface area contributed by atoms with Crippen LogP contribution in [0.3, 0.4) is 0 Å². The van der Waals surface area contributed by atoms with Crippen molar-refractivity contribution in [2.45, 2.75) is 13.0 Å². The van der Waals surface area contributed by atoms with Gasteiger partial charge in [-0.25, -0.2) is 4.39 Å². The lowest BCUT2D eigenvalue weighted by atomic mass is 10.2. The van der Waals surface area contributed by atoms with E-state index in [1.54, 1.807) is 18.2 Å². The molecular formula is C11H11FN4O2. The van der Waals surface area contributed by atoms with Crippen molar-refractivity contribution < 1.29 is 13.9 Å². The third kappa shape index (κ3) is 2.68. The van der Waals surface area contributed by atoms with Crippen molar-refractivity contribution in [2.75, 3.05) is 7.11 Å². The molecule has 94 valence electrons. The van der Waals surface area contributed by atoms with Gasteiger partial charge >= 0.3 is 5.97 Å². The quantitative estimate of drug-likeness (QED) is 0.758. The fourth-order valence-corrected chi connectivity index (χ4v) is 1.38. The van der Waals surface area contributed by atoms with Crippen molar-refractivity contribution in [1.29, 1.82) is 0 Å². The molecule has 2 rings (SSSR count). The number of rotatable bonds is 4. The number of tetrazole rings is 1. The normalized spacial score (nSPS) is 10.3. The Kier molecular flexibility index (Phi) is 3.61. The predicted octanol–water partition coefficient (Wildman–Crippen LogP) is 1.04. The third-order valence-electron chi connectivity index (χ3n) is 2.31. The van der Waals surface area contributed by atoms with Crippen molar-refractivity contribution >= 4 is 5.97 Å². The van der Waals surface area contributed by atoms with Crippen molar-refractivity contribution in [3.63, 3.8) is 0 Å². The van der Waals surface area contributed by atoms with Crippen LogP contribution in [0.5, 0.6) is 0 Å². The number of ether oxygens (including phenoxy) is 1. The summed E-state index contributed by atoms with van der Waals surface area (Å²) >= 11 is 0. The Bertz CT molecular complexity index is 555. The molecule has 1 aromatic heterocycles. The maximum atomic E-state index is 13.5. The molecule has 0 unspecified atom stereocenters. The lowest BCUT2D eigenvalue weighted by molar-refractivity contribution is -0.140. The molecule has 0 atom stereocenters. The van der Waals surface area contributed by atoms with E-state index in [0.29, 0.717) is 0 Å². The SMILES string of the molecule is COC(=O)CCn1nnc(-c2ccccc2F)n1. The standard InChI is InChI=1S/C11H11FN4O2/c1-18-10(17)6-7-16-14-11(13-15-16)8-4-2-3-5-9(8)12/h2-5H,6-7H2,1H3. The zero-order valence-corrected chi connectivity index (χ0v) is 9.71. The average molecular weight is 250 g/mol. The van der Waals surface area contributed by atoms with Crippen LogP contribution >= 0.6 is 0 Å². The highest BCUT2D eigenvalue weighted by Gasteiger charge is 2.11. The summed E-state index contributed by atoms with van der Waals surface area (Å²) < 4.78 is 18.0. The van der Waals surface area contributed by atoms with Gasteiger partial charge in [-0.15, -0.1) is 10.2 Å². The molecule has 2 aromatic rings. The Labute approximate surface area is 102 Å². The highest BCUT2D eigenvalue weighted by molar-refractivity contribution is 5.68. The first-order chi connectivity index (χ1) is 8.70. The minimum absolute atomic E-state index is 0.142. The fraction of sp³-hybridized carbons (Fsp3) is 0.273. The van der Waals surface area contributed by atoms with Crippen LogP contribution in [-0.4, -0.2) is 33.3 Å². The summed E-state index contributed by atoms with van der Waals surface area (Å²) in [5.41, 5.74) is 0.279. The topological polar surface area (TPSA) is 69.9 Å². The molecule has 0 fully saturated rings. The molecule has 0 saturated carbocycles. The molecule has 0 aliphatic carbocycles. The second-order valence-electron chi connectivity index (χ2n) is 3.51. The van der Waals surface area contributed by atoms with Crippen LogP contribution in [0.2, 0.25) is 0 Å². The summed E-state index contributed by atoms with van der Waals surface area (Å²) in [6.45, 7) is 0.244. The molecule has 0 N–H and O–H groups in total. The number of halogens is 1. The Morgan fingerprint density at radius 3 is 2.94 bits per heavy atom. The minimum Gasteiger partial charge on any atom is -0.469 e. The second kappa shape index (κ2) is 5.35. The van der Waals surface area contributed by atoms with Crippen LogP contribution in [0, 0.1) is 5.82 Å². The van der Waals surface area contributed by atoms with Gasteiger partial charge in [-0.1, -0.05) is 12.1 Å². The molecule has 6 nitrogen and oxygen atoms in total. The van der Waals surface area contributed by atoms with E-state index in [-0.39, 0.29) is 30.3 Å². The first-order valence-corrected chi connectivity index (χ1v) is 5.30. The number of carbonyl (C=O) groups excluding carboxylic acids is 1. The van der Waals surface area contributed by atoms with Gasteiger partial charge in [0.2, 0.25) is 5.82 Å². The Morgan fingerprint density at radius 1 is 1.44 bits per heavy atom. The number of aryl methyl sites for hydroxylation is 1. The summed E-state index contributed by atoms with van der Waals surface area (Å²) in [7, 11) is 1.31. The fourth-order valence-electron chi connectivity index (χ4n) is 1.38. The van der Waals surface area contributed by atoms with E-state index in [1.807, 2.05) is 0 Å². The van der Waals surface area contributed by atoms with Gasteiger partial charge in [0.05, 0.1) is 25.6 Å². The van der Waals surface area contributed by atoms with Crippen molar-refractivity contribution in [3.05, 3.63) is 30.1 Å². The van der Waals surface area contributed by atoms with E-state index in [9.17, 15) is 9.18 Å². The van der Waals surface area contributed by atoms with E-state index < -0.39 is 5.82 Å². The van der Waals surface area contributed by atoms with E-state index in [0.717, 1.165) is 0 Å². The van der Waals surface area contributed by atoms with Crippen molar-refractivity contribution in [3.8, 4) is 11.4 Å². The Morgan fingerprint density at radius 2 is 2.22 bits per heavy atom. The van der Waals surface area contributed by atoms with Crippen molar-refractivity contribution in [2.24, 2.45) is 0 Å². The first kappa shape index (κ1) is 12.2. The molecule has 0 aliphatic rings. The zero-order valence-electron chi connectivity index (χ0n) is 9.71. The zero-order chi connectivity index (χ0) is 13.0. The lowest BCUT2D eigenvalue weighted by Gasteiger charge is -1.97. The molecule has 0 radical (unpaired) electrons. The van der Waals surface area contributed by atoms with E-state index in [4.69, 9.17) is 0 Å². The smallest absolute Gasteiger partial charge is 0.307 e. The van der Waals surface area contributed by atoms with E-state index >= 15 is 0 Å². The van der Waals surface area contributed by atoms with Crippen LogP contribution in [0.1, 0.15) is 6.42 Å². The number of carbonyl (C=O) groups is 1. The minimum atomic E-state index is -0.412. The van der Waals surface area contributed by atoms with E-state index in [2.05, 4.69) is 20.1 Å². The first-order valence-electron chi connectivity index (χ1n) is 5.30. The van der Waals surface area contributed by atoms with Crippen LogP contribution < -0.4 is 0 Å². The van der Waals surface area contributed by atoms with Gasteiger partial charge in [-0.3, -0.25) is 4.79 Å². The molecule has 0 saturated heterocycles. The second-order valence-corrected chi connectivity index (χ2v) is 3.51. The molecule has 0 aliphatic heterocycles. The van der Waals surface area contributed by atoms with Gasteiger partial charge in [0.15, 0.2) is 0 Å². The summed E-state index contributed by atoms with van der Waals surface area (Å²) in [5, 5.41) is 11.5. The van der Waals surface area contributed by atoms with Gasteiger partial charge in [0.25, 0.3) is 0 Å². The summed E-state index contributed by atoms with van der Waals surface area (Å²) in [6, 6.07) is 6.16. The highest BCUT2D eigenvalue weighted by atomic mass is 19.1. The molecule has 1 heterocycles. The third-order valence-corrected chi connectivity index (χ3v) is 2.31. The number of aromatic nitrogens is 4.